The lowest BCUT2D eigenvalue weighted by molar-refractivity contribution is -0.144. The number of likely N-dealkylation sites (tertiary alicyclic amines) is 1. The Bertz CT molecular complexity index is 1340. The lowest BCUT2D eigenvalue weighted by atomic mass is 9.70. The van der Waals surface area contributed by atoms with E-state index in [2.05, 4.69) is 13.2 Å². The van der Waals surface area contributed by atoms with Gasteiger partial charge in [-0.15, -0.1) is 24.9 Å². The Morgan fingerprint density at radius 3 is 2.42 bits per heavy atom. The van der Waals surface area contributed by atoms with E-state index >= 15 is 0 Å². The van der Waals surface area contributed by atoms with E-state index in [9.17, 15) is 19.5 Å². The van der Waals surface area contributed by atoms with Crippen LogP contribution in [0, 0.1) is 11.8 Å². The Balaban J connectivity index is 1.50. The number of unbranched alkanes of at least 4 members (excludes halogenated alkanes) is 2. The molecule has 2 bridgehead atoms. The molecule has 0 aromatic heterocycles. The van der Waals surface area contributed by atoms with Crippen molar-refractivity contribution in [3.05, 3.63) is 90.5 Å². The molecule has 1 N–H and O–H groups in total. The van der Waals surface area contributed by atoms with E-state index in [1.807, 2.05) is 42.5 Å². The fourth-order valence-corrected chi connectivity index (χ4v) is 9.48. The largest absolute Gasteiger partial charge is 0.396 e. The lowest BCUT2D eigenvalue weighted by Crippen LogP contribution is -2.55. The Kier molecular flexibility index (Phi) is 9.99. The number of rotatable bonds is 14. The highest BCUT2D eigenvalue weighted by Gasteiger charge is 2.74. The Morgan fingerprint density at radius 1 is 1.02 bits per heavy atom. The number of aliphatic hydroxyl groups excluding tert-OH is 1. The number of hydrogen-bond acceptors (Lipinski definition) is 5. The number of halogens is 1. The number of nitrogens with zero attached hydrogens (tertiary/aromatic N) is 3. The summed E-state index contributed by atoms with van der Waals surface area (Å²) < 4.78 is -0.686. The minimum absolute atomic E-state index is 0.0280. The Hall–Kier alpha value is -3.07. The first-order chi connectivity index (χ1) is 20.9. The molecule has 3 aliphatic rings. The maximum Gasteiger partial charge on any atom is 0.251 e. The molecule has 3 fully saturated rings. The van der Waals surface area contributed by atoms with Crippen molar-refractivity contribution in [2.75, 3.05) is 31.1 Å². The van der Waals surface area contributed by atoms with Gasteiger partial charge in [0.25, 0.3) is 5.91 Å². The zero-order valence-corrected chi connectivity index (χ0v) is 26.0. The highest BCUT2D eigenvalue weighted by molar-refractivity contribution is 8.02. The van der Waals surface area contributed by atoms with Crippen molar-refractivity contribution in [2.24, 2.45) is 11.8 Å². The number of carbonyl (C=O) groups is 3. The van der Waals surface area contributed by atoms with Gasteiger partial charge in [0.15, 0.2) is 0 Å². The molecule has 5 atom stereocenters. The van der Waals surface area contributed by atoms with Gasteiger partial charge in [-0.25, -0.2) is 0 Å². The molecule has 228 valence electrons. The van der Waals surface area contributed by atoms with Crippen LogP contribution in [0.5, 0.6) is 0 Å². The number of anilines is 1. The van der Waals surface area contributed by atoms with Crippen LogP contribution in [0.1, 0.15) is 37.7 Å². The zero-order valence-electron chi connectivity index (χ0n) is 24.4. The van der Waals surface area contributed by atoms with Gasteiger partial charge in [-0.05, 0) is 61.9 Å². The molecule has 2 aromatic rings. The van der Waals surface area contributed by atoms with Crippen LogP contribution >= 0.6 is 23.4 Å². The van der Waals surface area contributed by atoms with Gasteiger partial charge in [0.1, 0.15) is 6.04 Å². The van der Waals surface area contributed by atoms with Crippen LogP contribution in [0.3, 0.4) is 0 Å². The minimum Gasteiger partial charge on any atom is -0.396 e. The summed E-state index contributed by atoms with van der Waals surface area (Å²) in [6.45, 7) is 9.36. The first kappa shape index (κ1) is 31.4. The molecular weight excluding hydrogens is 582 g/mol. The van der Waals surface area contributed by atoms with Crippen LogP contribution in [-0.2, 0) is 20.9 Å². The van der Waals surface area contributed by atoms with Gasteiger partial charge in [-0.2, -0.15) is 0 Å². The smallest absolute Gasteiger partial charge is 0.251 e. The number of thioether (sulfide) groups is 1. The molecule has 3 heterocycles. The summed E-state index contributed by atoms with van der Waals surface area (Å²) in [5, 5.41) is 9.87. The molecule has 3 amide bonds. The predicted molar refractivity (Wildman–Crippen MR) is 173 cm³/mol. The lowest BCUT2D eigenvalue weighted by Gasteiger charge is -2.37. The molecule has 3 aliphatic heterocycles. The quantitative estimate of drug-likeness (QED) is 0.228. The standard InChI is InChI=1S/C34H40ClN3O4S/c1-3-19-36(23-24-11-7-5-8-12-24)31(40)28-27-17-18-34(43-27)29(28)32(41)38(21-9-6-10-22-39)30(34)33(42)37(20-4-2)26-15-13-25(35)14-16-26/h3-5,7-8,11-16,27-30,39H,1-2,6,9-10,17-23H2/t27-,28+,29+,30?,34?/m1/s1. The second-order valence-electron chi connectivity index (χ2n) is 11.6. The maximum atomic E-state index is 14.6. The van der Waals surface area contributed by atoms with E-state index in [0.29, 0.717) is 49.6 Å². The summed E-state index contributed by atoms with van der Waals surface area (Å²) in [7, 11) is 0. The molecule has 2 unspecified atom stereocenters. The van der Waals surface area contributed by atoms with Gasteiger partial charge in [-0.1, -0.05) is 54.1 Å². The number of carbonyl (C=O) groups excluding carboxylic acids is 3. The molecule has 1 spiro atoms. The molecular formula is C34H40ClN3O4S. The number of benzene rings is 2. The van der Waals surface area contributed by atoms with E-state index < -0.39 is 22.6 Å². The van der Waals surface area contributed by atoms with E-state index in [1.165, 1.54) is 0 Å². The summed E-state index contributed by atoms with van der Waals surface area (Å²) in [5.41, 5.74) is 1.70. The normalized spacial score (nSPS) is 25.4. The van der Waals surface area contributed by atoms with Crippen LogP contribution in [0.25, 0.3) is 0 Å². The van der Waals surface area contributed by atoms with Gasteiger partial charge in [-0.3, -0.25) is 14.4 Å². The number of amides is 3. The predicted octanol–water partition coefficient (Wildman–Crippen LogP) is 5.33. The van der Waals surface area contributed by atoms with E-state index in [0.717, 1.165) is 18.4 Å². The monoisotopic (exact) mass is 621 g/mol. The third-order valence-corrected chi connectivity index (χ3v) is 11.2. The van der Waals surface area contributed by atoms with Crippen LogP contribution in [0.15, 0.2) is 79.9 Å². The number of fused-ring (bicyclic) bond motifs is 1. The average molecular weight is 622 g/mol. The third-order valence-electron chi connectivity index (χ3n) is 8.97. The second kappa shape index (κ2) is 13.7. The number of hydrogen-bond donors (Lipinski definition) is 1. The summed E-state index contributed by atoms with van der Waals surface area (Å²) in [5.74, 6) is -1.39. The van der Waals surface area contributed by atoms with Crippen molar-refractivity contribution in [2.45, 2.75) is 54.7 Å². The maximum absolute atomic E-state index is 14.6. The van der Waals surface area contributed by atoms with Crippen LogP contribution in [0.4, 0.5) is 5.69 Å². The van der Waals surface area contributed by atoms with E-state index in [-0.39, 0.29) is 36.1 Å². The van der Waals surface area contributed by atoms with Crippen LogP contribution in [0.2, 0.25) is 5.02 Å². The molecule has 43 heavy (non-hydrogen) atoms. The van der Waals surface area contributed by atoms with Crippen molar-refractivity contribution in [3.63, 3.8) is 0 Å². The van der Waals surface area contributed by atoms with Crippen molar-refractivity contribution in [3.8, 4) is 0 Å². The fraction of sp³-hybridized carbons (Fsp3) is 0.441. The third kappa shape index (κ3) is 6.02. The first-order valence-corrected chi connectivity index (χ1v) is 16.3. The summed E-state index contributed by atoms with van der Waals surface area (Å²) in [4.78, 5) is 48.6. The van der Waals surface area contributed by atoms with Crippen molar-refractivity contribution in [1.82, 2.24) is 9.80 Å². The highest BCUT2D eigenvalue weighted by Crippen LogP contribution is 2.66. The Labute approximate surface area is 263 Å². The molecule has 3 saturated heterocycles. The van der Waals surface area contributed by atoms with Crippen LogP contribution in [-0.4, -0.2) is 74.9 Å². The molecule has 9 heteroatoms. The van der Waals surface area contributed by atoms with Gasteiger partial charge in [0, 0.05) is 48.7 Å². The molecule has 0 aliphatic carbocycles. The van der Waals surface area contributed by atoms with Crippen molar-refractivity contribution in [1.29, 1.82) is 0 Å². The molecule has 5 rings (SSSR count). The minimum atomic E-state index is -0.704. The zero-order chi connectivity index (χ0) is 30.6. The fourth-order valence-electron chi connectivity index (χ4n) is 7.15. The Morgan fingerprint density at radius 2 is 1.74 bits per heavy atom. The number of aliphatic hydroxyl groups is 1. The second-order valence-corrected chi connectivity index (χ2v) is 13.6. The summed E-state index contributed by atoms with van der Waals surface area (Å²) in [6.07, 6.45) is 6.95. The van der Waals surface area contributed by atoms with E-state index in [1.54, 1.807) is 50.7 Å². The van der Waals surface area contributed by atoms with E-state index in [4.69, 9.17) is 11.6 Å². The molecule has 0 radical (unpaired) electrons. The molecule has 7 nitrogen and oxygen atoms in total. The average Bonchev–Trinajstić information content (AvgIpc) is 3.66. The van der Waals surface area contributed by atoms with Crippen molar-refractivity contribution < 1.29 is 19.5 Å². The molecule has 2 aromatic carbocycles. The molecule has 0 saturated carbocycles. The van der Waals surface area contributed by atoms with Gasteiger partial charge < -0.3 is 19.8 Å². The first-order valence-electron chi connectivity index (χ1n) is 15.1. The topological polar surface area (TPSA) is 81.2 Å². The van der Waals surface area contributed by atoms with Gasteiger partial charge in [0.2, 0.25) is 11.8 Å². The highest BCUT2D eigenvalue weighted by atomic mass is 35.5. The van der Waals surface area contributed by atoms with Crippen LogP contribution < -0.4 is 4.90 Å². The van der Waals surface area contributed by atoms with Crippen molar-refractivity contribution >= 4 is 46.8 Å². The SMILES string of the molecule is C=CCN(Cc1ccccc1)C(=O)[C@@H]1[C@H]2C(=O)N(CCCCCO)C(C(=O)N(CC=C)c3ccc(Cl)cc3)C23CC[C@H]1S3. The van der Waals surface area contributed by atoms with Gasteiger partial charge >= 0.3 is 0 Å². The summed E-state index contributed by atoms with van der Waals surface area (Å²) in [6, 6.07) is 16.3. The van der Waals surface area contributed by atoms with Gasteiger partial charge in [0.05, 0.1) is 16.6 Å². The summed E-state index contributed by atoms with van der Waals surface area (Å²) >= 11 is 7.83.